The van der Waals surface area contributed by atoms with Crippen molar-refractivity contribution in [3.05, 3.63) is 71.5 Å². The van der Waals surface area contributed by atoms with Crippen LogP contribution >= 0.6 is 0 Å². The van der Waals surface area contributed by atoms with E-state index in [0.717, 1.165) is 13.0 Å². The highest BCUT2D eigenvalue weighted by Gasteiger charge is 2.21. The van der Waals surface area contributed by atoms with Crippen molar-refractivity contribution in [2.75, 3.05) is 50.2 Å². The Morgan fingerprint density at radius 3 is 1.52 bits per heavy atom. The van der Waals surface area contributed by atoms with Gasteiger partial charge in [0, 0.05) is 51.8 Å². The molecule has 0 saturated carbocycles. The van der Waals surface area contributed by atoms with Crippen molar-refractivity contribution in [1.29, 1.82) is 0 Å². The number of benzene rings is 1. The summed E-state index contributed by atoms with van der Waals surface area (Å²) < 4.78 is 8.99. The summed E-state index contributed by atoms with van der Waals surface area (Å²) in [7, 11) is 9.96. The van der Waals surface area contributed by atoms with E-state index < -0.39 is 23.7 Å². The molecular formula is C29H35N11O6. The smallest absolute Gasteiger partial charge is 0.337 e. The van der Waals surface area contributed by atoms with Crippen molar-refractivity contribution < 1.29 is 28.7 Å². The average molecular weight is 634 g/mol. The van der Waals surface area contributed by atoms with Gasteiger partial charge >= 0.3 is 5.97 Å². The molecule has 4 N–H and O–H groups in total. The Kier molecular flexibility index (Phi) is 10.3. The number of aromatic nitrogens is 6. The van der Waals surface area contributed by atoms with Gasteiger partial charge in [0.05, 0.1) is 12.7 Å². The SMILES string of the molecule is COC(=O)c1ccc(C(=O)Nc2cn(C)c(C(=O)Nc3cn(C)c(C(=O)Nc4cn(C)c(C(=O)NCCCN(C)C)n4)n3)n2)cc1. The molecule has 3 heterocycles. The van der Waals surface area contributed by atoms with Crippen molar-refractivity contribution in [2.24, 2.45) is 21.1 Å². The van der Waals surface area contributed by atoms with Gasteiger partial charge in [-0.1, -0.05) is 0 Å². The fourth-order valence-electron chi connectivity index (χ4n) is 4.30. The second kappa shape index (κ2) is 14.3. The van der Waals surface area contributed by atoms with Gasteiger partial charge in [-0.05, 0) is 51.3 Å². The van der Waals surface area contributed by atoms with Crippen LogP contribution in [0.15, 0.2) is 42.9 Å². The maximum Gasteiger partial charge on any atom is 0.337 e. The Morgan fingerprint density at radius 1 is 0.674 bits per heavy atom. The van der Waals surface area contributed by atoms with E-state index in [1.54, 1.807) is 21.1 Å². The summed E-state index contributed by atoms with van der Waals surface area (Å²) in [6.07, 6.45) is 5.19. The number of methoxy groups -OCH3 is 1. The van der Waals surface area contributed by atoms with Crippen molar-refractivity contribution in [2.45, 2.75) is 6.42 Å². The molecule has 0 radical (unpaired) electrons. The Bertz CT molecular complexity index is 1770. The highest BCUT2D eigenvalue weighted by molar-refractivity contribution is 6.06. The predicted molar refractivity (Wildman–Crippen MR) is 167 cm³/mol. The molecule has 242 valence electrons. The number of carbonyl (C=O) groups is 5. The molecule has 4 amide bonds. The molecule has 4 aromatic rings. The topological polar surface area (TPSA) is 199 Å². The maximum atomic E-state index is 13.0. The normalized spacial score (nSPS) is 10.8. The van der Waals surface area contributed by atoms with Crippen LogP contribution in [0.4, 0.5) is 17.5 Å². The highest BCUT2D eigenvalue weighted by Crippen LogP contribution is 2.15. The van der Waals surface area contributed by atoms with Crippen molar-refractivity contribution in [3.63, 3.8) is 0 Å². The Hall–Kier alpha value is -5.84. The lowest BCUT2D eigenvalue weighted by atomic mass is 10.1. The van der Waals surface area contributed by atoms with Crippen molar-refractivity contribution in [3.8, 4) is 0 Å². The quantitative estimate of drug-likeness (QED) is 0.129. The van der Waals surface area contributed by atoms with E-state index in [9.17, 15) is 24.0 Å². The molecule has 0 spiro atoms. The number of hydrogen-bond donors (Lipinski definition) is 4. The first-order valence-corrected chi connectivity index (χ1v) is 14.0. The van der Waals surface area contributed by atoms with Gasteiger partial charge in [0.2, 0.25) is 17.5 Å². The molecule has 0 saturated heterocycles. The zero-order valence-electron chi connectivity index (χ0n) is 26.2. The van der Waals surface area contributed by atoms with E-state index in [2.05, 4.69) is 41.0 Å². The molecule has 0 aliphatic carbocycles. The van der Waals surface area contributed by atoms with Gasteiger partial charge in [0.15, 0.2) is 17.5 Å². The molecule has 0 bridgehead atoms. The van der Waals surface area contributed by atoms with Crippen LogP contribution in [0.25, 0.3) is 0 Å². The van der Waals surface area contributed by atoms with E-state index in [4.69, 9.17) is 0 Å². The van der Waals surface area contributed by atoms with Crippen LogP contribution in [0.2, 0.25) is 0 Å². The largest absolute Gasteiger partial charge is 0.465 e. The third kappa shape index (κ3) is 8.00. The van der Waals surface area contributed by atoms with E-state index in [0.29, 0.717) is 12.1 Å². The average Bonchev–Trinajstić information content (AvgIpc) is 3.69. The molecule has 46 heavy (non-hydrogen) atoms. The number of esters is 1. The number of carbonyl (C=O) groups excluding carboxylic acids is 5. The molecule has 3 aromatic heterocycles. The predicted octanol–water partition coefficient (Wildman–Crippen LogP) is 1.11. The first kappa shape index (κ1) is 33.1. The summed E-state index contributed by atoms with van der Waals surface area (Å²) >= 11 is 0. The number of aryl methyl sites for hydroxylation is 3. The fourth-order valence-corrected chi connectivity index (χ4v) is 4.30. The summed E-state index contributed by atoms with van der Waals surface area (Å²) in [4.78, 5) is 77.4. The Labute approximate surface area is 264 Å². The number of rotatable bonds is 12. The lowest BCUT2D eigenvalue weighted by molar-refractivity contribution is 0.0600. The van der Waals surface area contributed by atoms with Gasteiger partial charge in [0.25, 0.3) is 23.6 Å². The minimum Gasteiger partial charge on any atom is -0.465 e. The third-order valence-electron chi connectivity index (χ3n) is 6.60. The van der Waals surface area contributed by atoms with E-state index >= 15 is 0 Å². The van der Waals surface area contributed by atoms with Crippen LogP contribution in [0, 0.1) is 0 Å². The first-order valence-electron chi connectivity index (χ1n) is 14.0. The van der Waals surface area contributed by atoms with Crippen molar-refractivity contribution >= 4 is 47.1 Å². The maximum absolute atomic E-state index is 13.0. The van der Waals surface area contributed by atoms with E-state index in [-0.39, 0.29) is 46.4 Å². The van der Waals surface area contributed by atoms with Gasteiger partial charge in [-0.3, -0.25) is 19.2 Å². The van der Waals surface area contributed by atoms with Crippen LogP contribution in [0.5, 0.6) is 0 Å². The number of anilines is 3. The zero-order valence-corrected chi connectivity index (χ0v) is 26.2. The summed E-state index contributed by atoms with van der Waals surface area (Å²) in [6, 6.07) is 5.85. The Morgan fingerprint density at radius 2 is 1.09 bits per heavy atom. The third-order valence-corrected chi connectivity index (χ3v) is 6.60. The second-order valence-corrected chi connectivity index (χ2v) is 10.5. The molecule has 0 aliphatic heterocycles. The lowest BCUT2D eigenvalue weighted by Crippen LogP contribution is -2.29. The summed E-state index contributed by atoms with van der Waals surface area (Å²) in [5.41, 5.74) is 0.562. The first-order chi connectivity index (χ1) is 21.9. The van der Waals surface area contributed by atoms with Gasteiger partial charge in [0.1, 0.15) is 0 Å². The monoisotopic (exact) mass is 633 g/mol. The molecule has 0 atom stereocenters. The van der Waals surface area contributed by atoms with E-state index in [1.807, 2.05) is 19.0 Å². The molecule has 0 unspecified atom stereocenters. The van der Waals surface area contributed by atoms with Gasteiger partial charge in [-0.25, -0.2) is 19.7 Å². The molecule has 17 heteroatoms. The molecule has 1 aromatic carbocycles. The van der Waals surface area contributed by atoms with Crippen LogP contribution < -0.4 is 21.3 Å². The van der Waals surface area contributed by atoms with Crippen molar-refractivity contribution in [1.82, 2.24) is 38.9 Å². The molecule has 0 fully saturated rings. The highest BCUT2D eigenvalue weighted by atomic mass is 16.5. The molecule has 0 aliphatic rings. The summed E-state index contributed by atoms with van der Waals surface area (Å²) in [5.74, 6) is -2.21. The lowest BCUT2D eigenvalue weighted by Gasteiger charge is -2.09. The number of amides is 4. The molecular weight excluding hydrogens is 598 g/mol. The number of nitrogens with one attached hydrogen (secondary N) is 4. The van der Waals surface area contributed by atoms with Crippen LogP contribution in [0.1, 0.15) is 59.0 Å². The van der Waals surface area contributed by atoms with Crippen LogP contribution in [-0.4, -0.2) is 97.4 Å². The number of imidazole rings is 3. The fraction of sp³-hybridized carbons (Fsp3) is 0.310. The second-order valence-electron chi connectivity index (χ2n) is 10.5. The molecule has 17 nitrogen and oxygen atoms in total. The van der Waals surface area contributed by atoms with Crippen LogP contribution in [0.3, 0.4) is 0 Å². The van der Waals surface area contributed by atoms with Gasteiger partial charge in [-0.15, -0.1) is 0 Å². The summed E-state index contributed by atoms with van der Waals surface area (Å²) in [6.45, 7) is 1.31. The Balaban J connectivity index is 1.36. The van der Waals surface area contributed by atoms with Crippen LogP contribution in [-0.2, 0) is 25.9 Å². The minimum atomic E-state index is -0.638. The number of hydrogen-bond acceptors (Lipinski definition) is 10. The standard InChI is InChI=1S/C29H35N11O6/c1-37(2)13-7-12-30-26(42)22-31-20(15-38(22)3)35-28(44)24-33-21(16-40(24)5)36-27(43)23-32-19(14-39(23)4)34-25(41)17-8-10-18(11-9-17)29(45)46-6/h8-11,14-16H,7,12-13H2,1-6H3,(H,30,42)(H,34,41)(H,35,44)(H,36,43). The zero-order chi connectivity index (χ0) is 33.5. The van der Waals surface area contributed by atoms with E-state index in [1.165, 1.54) is 63.7 Å². The van der Waals surface area contributed by atoms with Gasteiger partial charge < -0.3 is 44.6 Å². The van der Waals surface area contributed by atoms with Gasteiger partial charge in [-0.2, -0.15) is 0 Å². The summed E-state index contributed by atoms with van der Waals surface area (Å²) in [5, 5.41) is 10.6. The minimum absolute atomic E-state index is 0.0262. The molecule has 4 rings (SSSR count). The number of ether oxygens (including phenoxy) is 1. The number of nitrogens with zero attached hydrogens (tertiary/aromatic N) is 7.